The van der Waals surface area contributed by atoms with Gasteiger partial charge in [-0.3, -0.25) is 14.5 Å². The number of amides is 2. The molecule has 0 saturated carbocycles. The Morgan fingerprint density at radius 1 is 1.11 bits per heavy atom. The number of carbonyl (C=O) groups excluding carboxylic acids is 2. The SMILES string of the molecule is COC(CN1C(=O)c2ccccc2C1=O)C(C)(C)C. The van der Waals surface area contributed by atoms with Gasteiger partial charge in [-0.2, -0.15) is 0 Å². The van der Waals surface area contributed by atoms with Crippen molar-refractivity contribution in [2.45, 2.75) is 26.9 Å². The van der Waals surface area contributed by atoms with Crippen LogP contribution in [0.25, 0.3) is 0 Å². The van der Waals surface area contributed by atoms with E-state index in [1.165, 1.54) is 4.90 Å². The molecule has 2 amide bonds. The number of methoxy groups -OCH3 is 1. The highest BCUT2D eigenvalue weighted by Crippen LogP contribution is 2.27. The highest BCUT2D eigenvalue weighted by Gasteiger charge is 2.38. The van der Waals surface area contributed by atoms with Gasteiger partial charge >= 0.3 is 0 Å². The number of benzene rings is 1. The third kappa shape index (κ3) is 2.40. The van der Waals surface area contributed by atoms with Crippen molar-refractivity contribution in [3.8, 4) is 0 Å². The van der Waals surface area contributed by atoms with Crippen molar-refractivity contribution < 1.29 is 14.3 Å². The Morgan fingerprint density at radius 2 is 1.58 bits per heavy atom. The summed E-state index contributed by atoms with van der Waals surface area (Å²) in [7, 11) is 1.61. The van der Waals surface area contributed by atoms with Crippen LogP contribution in [0.3, 0.4) is 0 Å². The van der Waals surface area contributed by atoms with Crippen molar-refractivity contribution in [3.63, 3.8) is 0 Å². The first kappa shape index (κ1) is 13.7. The standard InChI is InChI=1S/C15H19NO3/c1-15(2,3)12(19-4)9-16-13(17)10-7-5-6-8-11(10)14(16)18/h5-8,12H,9H2,1-4H3. The van der Waals surface area contributed by atoms with Gasteiger partial charge in [-0.15, -0.1) is 0 Å². The van der Waals surface area contributed by atoms with Crippen LogP contribution in [0, 0.1) is 5.41 Å². The smallest absolute Gasteiger partial charge is 0.261 e. The molecule has 1 aliphatic heterocycles. The average Bonchev–Trinajstić information content (AvgIpc) is 2.59. The summed E-state index contributed by atoms with van der Waals surface area (Å²) in [5.41, 5.74) is 0.830. The zero-order chi connectivity index (χ0) is 14.2. The molecule has 0 aliphatic carbocycles. The molecule has 0 saturated heterocycles. The van der Waals surface area contributed by atoms with E-state index in [1.54, 1.807) is 31.4 Å². The number of ether oxygens (including phenoxy) is 1. The van der Waals surface area contributed by atoms with E-state index in [1.807, 2.05) is 20.8 Å². The van der Waals surface area contributed by atoms with E-state index in [9.17, 15) is 9.59 Å². The van der Waals surface area contributed by atoms with Crippen LogP contribution in [0.15, 0.2) is 24.3 Å². The molecule has 4 nitrogen and oxygen atoms in total. The highest BCUT2D eigenvalue weighted by molar-refractivity contribution is 6.21. The van der Waals surface area contributed by atoms with E-state index in [2.05, 4.69) is 0 Å². The minimum atomic E-state index is -0.230. The Labute approximate surface area is 113 Å². The normalized spacial score (nSPS) is 16.7. The van der Waals surface area contributed by atoms with Gasteiger partial charge in [0.05, 0.1) is 23.8 Å². The fourth-order valence-electron chi connectivity index (χ4n) is 2.27. The molecule has 1 atom stereocenters. The first-order chi connectivity index (χ1) is 8.86. The number of nitrogens with zero attached hydrogens (tertiary/aromatic N) is 1. The molecular weight excluding hydrogens is 242 g/mol. The zero-order valence-electron chi connectivity index (χ0n) is 11.8. The molecule has 1 aromatic rings. The predicted molar refractivity (Wildman–Crippen MR) is 72.1 cm³/mol. The number of rotatable bonds is 3. The lowest BCUT2D eigenvalue weighted by Gasteiger charge is -2.31. The summed E-state index contributed by atoms with van der Waals surface area (Å²) in [4.78, 5) is 25.8. The number of fused-ring (bicyclic) bond motifs is 1. The van der Waals surface area contributed by atoms with Crippen LogP contribution in [0.2, 0.25) is 0 Å². The summed E-state index contributed by atoms with van der Waals surface area (Å²) in [6.07, 6.45) is -0.185. The van der Waals surface area contributed by atoms with Crippen molar-refractivity contribution in [1.82, 2.24) is 4.90 Å². The summed E-state index contributed by atoms with van der Waals surface area (Å²) in [6, 6.07) is 6.92. The summed E-state index contributed by atoms with van der Waals surface area (Å²) >= 11 is 0. The quantitative estimate of drug-likeness (QED) is 0.785. The second-order valence-electron chi connectivity index (χ2n) is 5.86. The van der Waals surface area contributed by atoms with Crippen LogP contribution in [0.1, 0.15) is 41.5 Å². The fraction of sp³-hybridized carbons (Fsp3) is 0.467. The van der Waals surface area contributed by atoms with Crippen LogP contribution in [-0.4, -0.2) is 36.5 Å². The van der Waals surface area contributed by atoms with Gasteiger partial charge in [0.2, 0.25) is 0 Å². The monoisotopic (exact) mass is 261 g/mol. The van der Waals surface area contributed by atoms with Gasteiger partial charge in [-0.25, -0.2) is 0 Å². The summed E-state index contributed by atoms with van der Waals surface area (Å²) < 4.78 is 5.43. The van der Waals surface area contributed by atoms with Gasteiger partial charge in [-0.05, 0) is 17.5 Å². The van der Waals surface area contributed by atoms with Crippen molar-refractivity contribution >= 4 is 11.8 Å². The molecule has 0 bridgehead atoms. The highest BCUT2D eigenvalue weighted by atomic mass is 16.5. The van der Waals surface area contributed by atoms with Crippen LogP contribution in [-0.2, 0) is 4.74 Å². The molecule has 1 aliphatic rings. The summed E-state index contributed by atoms with van der Waals surface area (Å²) in [5.74, 6) is -0.459. The molecule has 4 heteroatoms. The molecule has 0 radical (unpaired) electrons. The van der Waals surface area contributed by atoms with Crippen molar-refractivity contribution in [3.05, 3.63) is 35.4 Å². The van der Waals surface area contributed by atoms with Crippen LogP contribution < -0.4 is 0 Å². The minimum absolute atomic E-state index is 0.135. The molecule has 2 rings (SSSR count). The van der Waals surface area contributed by atoms with Gasteiger partial charge in [0.1, 0.15) is 0 Å². The fourth-order valence-corrected chi connectivity index (χ4v) is 2.27. The van der Waals surface area contributed by atoms with Gasteiger partial charge < -0.3 is 4.74 Å². The minimum Gasteiger partial charge on any atom is -0.379 e. The molecular formula is C15H19NO3. The Morgan fingerprint density at radius 3 is 1.95 bits per heavy atom. The second-order valence-corrected chi connectivity index (χ2v) is 5.86. The van der Waals surface area contributed by atoms with Crippen molar-refractivity contribution in [2.75, 3.05) is 13.7 Å². The van der Waals surface area contributed by atoms with E-state index in [0.29, 0.717) is 11.1 Å². The van der Waals surface area contributed by atoms with Crippen LogP contribution >= 0.6 is 0 Å². The third-order valence-electron chi connectivity index (χ3n) is 3.48. The van der Waals surface area contributed by atoms with E-state index < -0.39 is 0 Å². The van der Waals surface area contributed by atoms with Crippen LogP contribution in [0.4, 0.5) is 0 Å². The van der Waals surface area contributed by atoms with Crippen LogP contribution in [0.5, 0.6) is 0 Å². The topological polar surface area (TPSA) is 46.6 Å². The molecule has 0 spiro atoms. The summed E-state index contributed by atoms with van der Waals surface area (Å²) in [6.45, 7) is 6.37. The van der Waals surface area contributed by atoms with E-state index in [4.69, 9.17) is 4.74 Å². The maximum absolute atomic E-state index is 12.2. The first-order valence-corrected chi connectivity index (χ1v) is 6.34. The Hall–Kier alpha value is -1.68. The molecule has 102 valence electrons. The molecule has 1 aromatic carbocycles. The van der Waals surface area contributed by atoms with Gasteiger partial charge in [0.15, 0.2) is 0 Å². The van der Waals surface area contributed by atoms with E-state index in [-0.39, 0.29) is 29.9 Å². The molecule has 0 aromatic heterocycles. The predicted octanol–water partition coefficient (Wildman–Crippen LogP) is 2.34. The maximum atomic E-state index is 12.2. The molecule has 0 fully saturated rings. The van der Waals surface area contributed by atoms with Crippen molar-refractivity contribution in [2.24, 2.45) is 5.41 Å². The zero-order valence-corrected chi connectivity index (χ0v) is 11.8. The van der Waals surface area contributed by atoms with Gasteiger partial charge in [-0.1, -0.05) is 32.9 Å². The summed E-state index contributed by atoms with van der Waals surface area (Å²) in [5, 5.41) is 0. The molecule has 1 unspecified atom stereocenters. The number of imide groups is 1. The lowest BCUT2D eigenvalue weighted by atomic mass is 9.88. The van der Waals surface area contributed by atoms with Gasteiger partial charge in [0.25, 0.3) is 11.8 Å². The number of carbonyl (C=O) groups is 2. The third-order valence-corrected chi connectivity index (χ3v) is 3.48. The largest absolute Gasteiger partial charge is 0.379 e. The van der Waals surface area contributed by atoms with Crippen molar-refractivity contribution in [1.29, 1.82) is 0 Å². The maximum Gasteiger partial charge on any atom is 0.261 e. The molecule has 0 N–H and O–H groups in total. The second kappa shape index (κ2) is 4.78. The van der Waals surface area contributed by atoms with Gasteiger partial charge in [0, 0.05) is 7.11 Å². The molecule has 19 heavy (non-hydrogen) atoms. The Kier molecular flexibility index (Phi) is 3.45. The molecule has 1 heterocycles. The first-order valence-electron chi connectivity index (χ1n) is 6.34. The van der Waals surface area contributed by atoms with E-state index in [0.717, 1.165) is 0 Å². The lowest BCUT2D eigenvalue weighted by molar-refractivity contribution is -0.00292. The number of hydrogen-bond acceptors (Lipinski definition) is 3. The number of hydrogen-bond donors (Lipinski definition) is 0. The lowest BCUT2D eigenvalue weighted by Crippen LogP contribution is -2.43. The Balaban J connectivity index is 2.25. The average molecular weight is 261 g/mol. The van der Waals surface area contributed by atoms with E-state index >= 15 is 0 Å². The Bertz CT molecular complexity index is 481.